The van der Waals surface area contributed by atoms with Crippen LogP contribution in [-0.2, 0) is 0 Å². The van der Waals surface area contributed by atoms with Gasteiger partial charge in [-0.3, -0.25) is 14.6 Å². The fourth-order valence-corrected chi connectivity index (χ4v) is 3.99. The van der Waals surface area contributed by atoms with Crippen LogP contribution in [0.25, 0.3) is 5.69 Å². The molecule has 7 heteroatoms. The number of urea groups is 1. The van der Waals surface area contributed by atoms with Gasteiger partial charge in [0.15, 0.2) is 0 Å². The van der Waals surface area contributed by atoms with Crippen LogP contribution in [-0.4, -0.2) is 58.8 Å². The third-order valence-electron chi connectivity index (χ3n) is 5.36. The fourth-order valence-electron chi connectivity index (χ4n) is 3.99. The molecule has 2 aromatic rings. The predicted molar refractivity (Wildman–Crippen MR) is 96.1 cm³/mol. The molecule has 0 saturated carbocycles. The van der Waals surface area contributed by atoms with Gasteiger partial charge in [-0.05, 0) is 50.7 Å². The van der Waals surface area contributed by atoms with Crippen LogP contribution in [0, 0.1) is 5.41 Å². The summed E-state index contributed by atoms with van der Waals surface area (Å²) in [4.78, 5) is 28.0. The van der Waals surface area contributed by atoms with E-state index in [2.05, 4.69) is 22.4 Å². The molecular weight excluding hydrogens is 318 g/mol. The first-order valence-electron chi connectivity index (χ1n) is 8.66. The van der Waals surface area contributed by atoms with E-state index in [4.69, 9.17) is 0 Å². The summed E-state index contributed by atoms with van der Waals surface area (Å²) in [6.07, 6.45) is 3.94. The number of hydrogen-bond acceptors (Lipinski definition) is 3. The second kappa shape index (κ2) is 6.07. The Bertz CT molecular complexity index is 824. The van der Waals surface area contributed by atoms with E-state index in [9.17, 15) is 9.59 Å². The highest BCUT2D eigenvalue weighted by Crippen LogP contribution is 2.38. The SMILES string of the molecule is CN1CCC2(CCN(C(=O)Nc3ccc(-n4ccc(=O)[nH]4)cc3)C2)C1. The summed E-state index contributed by atoms with van der Waals surface area (Å²) in [6.45, 7) is 3.87. The zero-order valence-corrected chi connectivity index (χ0v) is 14.4. The molecule has 0 radical (unpaired) electrons. The highest BCUT2D eigenvalue weighted by atomic mass is 16.2. The van der Waals surface area contributed by atoms with E-state index in [1.165, 1.54) is 12.5 Å². The van der Waals surface area contributed by atoms with Crippen LogP contribution < -0.4 is 10.9 Å². The summed E-state index contributed by atoms with van der Waals surface area (Å²) >= 11 is 0. The number of nitrogens with zero attached hydrogens (tertiary/aromatic N) is 3. The lowest BCUT2D eigenvalue weighted by molar-refractivity contribution is 0.212. The number of hydrogen-bond donors (Lipinski definition) is 2. The van der Waals surface area contributed by atoms with E-state index >= 15 is 0 Å². The summed E-state index contributed by atoms with van der Waals surface area (Å²) in [5, 5.41) is 5.67. The molecule has 0 aliphatic carbocycles. The maximum absolute atomic E-state index is 12.5. The molecule has 2 fully saturated rings. The van der Waals surface area contributed by atoms with Gasteiger partial charge in [-0.25, -0.2) is 4.79 Å². The molecular formula is C18H23N5O2. The summed E-state index contributed by atoms with van der Waals surface area (Å²) in [5.41, 5.74) is 1.75. The summed E-state index contributed by atoms with van der Waals surface area (Å²) in [7, 11) is 2.15. The largest absolute Gasteiger partial charge is 0.324 e. The van der Waals surface area contributed by atoms with Crippen LogP contribution in [0.2, 0.25) is 0 Å². The smallest absolute Gasteiger partial charge is 0.321 e. The average Bonchev–Trinajstić information content (AvgIpc) is 3.30. The van der Waals surface area contributed by atoms with Gasteiger partial charge in [0, 0.05) is 43.0 Å². The van der Waals surface area contributed by atoms with Crippen molar-refractivity contribution in [2.45, 2.75) is 12.8 Å². The summed E-state index contributed by atoms with van der Waals surface area (Å²) < 4.78 is 1.65. The van der Waals surface area contributed by atoms with Crippen LogP contribution in [0.1, 0.15) is 12.8 Å². The van der Waals surface area contributed by atoms with Crippen LogP contribution in [0.5, 0.6) is 0 Å². The van der Waals surface area contributed by atoms with Crippen molar-refractivity contribution in [1.29, 1.82) is 0 Å². The second-order valence-corrected chi connectivity index (χ2v) is 7.30. The monoisotopic (exact) mass is 341 g/mol. The Morgan fingerprint density at radius 1 is 1.12 bits per heavy atom. The van der Waals surface area contributed by atoms with Crippen LogP contribution >= 0.6 is 0 Å². The van der Waals surface area contributed by atoms with E-state index < -0.39 is 0 Å². The summed E-state index contributed by atoms with van der Waals surface area (Å²) in [6, 6.07) is 8.86. The number of aromatic amines is 1. The minimum absolute atomic E-state index is 0.0338. The van der Waals surface area contributed by atoms with E-state index in [0.717, 1.165) is 44.0 Å². The van der Waals surface area contributed by atoms with Crippen molar-refractivity contribution in [2.75, 3.05) is 38.5 Å². The maximum Gasteiger partial charge on any atom is 0.321 e. The molecule has 2 aliphatic rings. The Morgan fingerprint density at radius 2 is 1.88 bits per heavy atom. The number of carbonyl (C=O) groups excluding carboxylic acids is 1. The lowest BCUT2D eigenvalue weighted by atomic mass is 9.86. The van der Waals surface area contributed by atoms with Gasteiger partial charge in [-0.15, -0.1) is 0 Å². The van der Waals surface area contributed by atoms with Crippen molar-refractivity contribution in [3.63, 3.8) is 0 Å². The van der Waals surface area contributed by atoms with Gasteiger partial charge in [-0.1, -0.05) is 0 Å². The molecule has 4 rings (SSSR count). The number of aromatic nitrogens is 2. The Balaban J connectivity index is 1.39. The van der Waals surface area contributed by atoms with Crippen LogP contribution in [0.15, 0.2) is 41.3 Å². The zero-order chi connectivity index (χ0) is 17.4. The Labute approximate surface area is 146 Å². The fraction of sp³-hybridized carbons (Fsp3) is 0.444. The number of nitrogens with one attached hydrogen (secondary N) is 2. The molecule has 3 heterocycles. The molecule has 1 unspecified atom stereocenters. The number of likely N-dealkylation sites (tertiary alicyclic amines) is 2. The number of anilines is 1. The highest BCUT2D eigenvalue weighted by molar-refractivity contribution is 5.89. The normalized spacial score (nSPS) is 23.5. The molecule has 0 bridgehead atoms. The van der Waals surface area contributed by atoms with Crippen molar-refractivity contribution in [1.82, 2.24) is 19.6 Å². The van der Waals surface area contributed by atoms with Gasteiger partial charge in [0.2, 0.25) is 0 Å². The summed E-state index contributed by atoms with van der Waals surface area (Å²) in [5.74, 6) is 0. The molecule has 1 spiro atoms. The molecule has 2 saturated heterocycles. The second-order valence-electron chi connectivity index (χ2n) is 7.30. The zero-order valence-electron chi connectivity index (χ0n) is 14.4. The third-order valence-corrected chi connectivity index (χ3v) is 5.36. The van der Waals surface area contributed by atoms with Crippen molar-refractivity contribution in [3.05, 3.63) is 46.9 Å². The highest BCUT2D eigenvalue weighted by Gasteiger charge is 2.43. The standard InChI is InChI=1S/C18H23N5O2/c1-21-10-7-18(12-21)8-11-22(13-18)17(25)19-14-2-4-15(5-3-14)23-9-6-16(24)20-23/h2-6,9H,7-8,10-13H2,1H3,(H,19,25)(H,20,24). The van der Waals surface area contributed by atoms with Gasteiger partial charge in [-0.2, -0.15) is 0 Å². The Hall–Kier alpha value is -2.54. The molecule has 2 aliphatic heterocycles. The molecule has 2 N–H and O–H groups in total. The molecule has 1 aromatic heterocycles. The van der Waals surface area contributed by atoms with Crippen LogP contribution in [0.3, 0.4) is 0 Å². The Morgan fingerprint density at radius 3 is 2.52 bits per heavy atom. The average molecular weight is 341 g/mol. The molecule has 132 valence electrons. The van der Waals surface area contributed by atoms with Gasteiger partial charge >= 0.3 is 6.03 Å². The van der Waals surface area contributed by atoms with Gasteiger partial charge in [0.25, 0.3) is 5.56 Å². The number of benzene rings is 1. The van der Waals surface area contributed by atoms with Gasteiger partial charge in [0.1, 0.15) is 0 Å². The minimum atomic E-state index is -0.141. The quantitative estimate of drug-likeness (QED) is 0.874. The van der Waals surface area contributed by atoms with E-state index in [1.807, 2.05) is 29.2 Å². The number of H-pyrrole nitrogens is 1. The first-order chi connectivity index (χ1) is 12.0. The first-order valence-corrected chi connectivity index (χ1v) is 8.66. The molecule has 1 atom stereocenters. The van der Waals surface area contributed by atoms with Crippen LogP contribution in [0.4, 0.5) is 10.5 Å². The third kappa shape index (κ3) is 3.19. The molecule has 7 nitrogen and oxygen atoms in total. The first kappa shape index (κ1) is 16.0. The Kier molecular flexibility index (Phi) is 3.88. The van der Waals surface area contributed by atoms with E-state index in [1.54, 1.807) is 10.9 Å². The number of amides is 2. The lowest BCUT2D eigenvalue weighted by Crippen LogP contribution is -2.36. The predicted octanol–water partition coefficient (Wildman–Crippen LogP) is 1.73. The van der Waals surface area contributed by atoms with Crippen molar-refractivity contribution in [2.24, 2.45) is 5.41 Å². The minimum Gasteiger partial charge on any atom is -0.324 e. The van der Waals surface area contributed by atoms with Gasteiger partial charge < -0.3 is 15.1 Å². The van der Waals surface area contributed by atoms with E-state index in [0.29, 0.717) is 0 Å². The van der Waals surface area contributed by atoms with Crippen molar-refractivity contribution in [3.8, 4) is 5.69 Å². The topological polar surface area (TPSA) is 73.4 Å². The lowest BCUT2D eigenvalue weighted by Gasteiger charge is -2.24. The maximum atomic E-state index is 12.5. The number of rotatable bonds is 2. The molecule has 25 heavy (non-hydrogen) atoms. The van der Waals surface area contributed by atoms with Crippen molar-refractivity contribution < 1.29 is 4.79 Å². The van der Waals surface area contributed by atoms with Crippen molar-refractivity contribution >= 4 is 11.7 Å². The molecule has 2 amide bonds. The molecule has 1 aromatic carbocycles. The van der Waals surface area contributed by atoms with E-state index in [-0.39, 0.29) is 17.0 Å². The number of carbonyl (C=O) groups is 1. The van der Waals surface area contributed by atoms with Gasteiger partial charge in [0.05, 0.1) is 5.69 Å².